The van der Waals surface area contributed by atoms with Gasteiger partial charge in [-0.2, -0.15) is 5.01 Å². The Morgan fingerprint density at radius 1 is 1.30 bits per heavy atom. The van der Waals surface area contributed by atoms with Crippen molar-refractivity contribution in [3.05, 3.63) is 29.8 Å². The molecular formula is C21H31N5O4. The van der Waals surface area contributed by atoms with Crippen LogP contribution in [-0.2, 0) is 15.1 Å². The topological polar surface area (TPSA) is 103 Å². The smallest absolute Gasteiger partial charge is 0.344 e. The van der Waals surface area contributed by atoms with Gasteiger partial charge in [-0.1, -0.05) is 26.0 Å². The first kappa shape index (κ1) is 22.0. The van der Waals surface area contributed by atoms with Gasteiger partial charge in [0.05, 0.1) is 13.7 Å². The summed E-state index contributed by atoms with van der Waals surface area (Å²) in [4.78, 5) is 39.9. The maximum atomic E-state index is 13.0. The zero-order chi connectivity index (χ0) is 21.9. The van der Waals surface area contributed by atoms with Crippen molar-refractivity contribution in [3.63, 3.8) is 0 Å². The second-order valence-electron chi connectivity index (χ2n) is 8.33. The second kappa shape index (κ2) is 9.01. The maximum Gasteiger partial charge on any atom is 0.344 e. The summed E-state index contributed by atoms with van der Waals surface area (Å²) in [5.41, 5.74) is 1.77. The van der Waals surface area contributed by atoms with Crippen LogP contribution in [-0.4, -0.2) is 66.6 Å². The minimum Gasteiger partial charge on any atom is -0.497 e. The number of hydrogen-bond acceptors (Lipinski definition) is 6. The first-order chi connectivity index (χ1) is 14.2. The van der Waals surface area contributed by atoms with Gasteiger partial charge in [0.2, 0.25) is 0 Å². The van der Waals surface area contributed by atoms with E-state index in [-0.39, 0.29) is 12.5 Å². The van der Waals surface area contributed by atoms with Crippen molar-refractivity contribution < 1.29 is 19.1 Å². The first-order valence-corrected chi connectivity index (χ1v) is 10.3. The fraction of sp³-hybridized carbons (Fsp3) is 0.571. The predicted octanol–water partition coefficient (Wildman–Crippen LogP) is 0.956. The summed E-state index contributed by atoms with van der Waals surface area (Å²) in [6, 6.07) is 7.17. The van der Waals surface area contributed by atoms with Crippen LogP contribution in [0.15, 0.2) is 24.3 Å². The monoisotopic (exact) mass is 417 g/mol. The molecule has 1 unspecified atom stereocenters. The van der Waals surface area contributed by atoms with E-state index in [4.69, 9.17) is 4.74 Å². The molecule has 9 heteroatoms. The van der Waals surface area contributed by atoms with E-state index in [1.54, 1.807) is 31.2 Å². The highest BCUT2D eigenvalue weighted by molar-refractivity contribution is 6.08. The number of rotatable bonds is 7. The molecule has 2 aliphatic rings. The number of benzene rings is 1. The van der Waals surface area contributed by atoms with Gasteiger partial charge in [0.25, 0.3) is 11.8 Å². The average Bonchev–Trinajstić information content (AvgIpc) is 2.93. The fourth-order valence-electron chi connectivity index (χ4n) is 3.96. The fourth-order valence-corrected chi connectivity index (χ4v) is 3.96. The van der Waals surface area contributed by atoms with Gasteiger partial charge in [-0.15, -0.1) is 0 Å². The normalized spacial score (nSPS) is 23.0. The zero-order valence-electron chi connectivity index (χ0n) is 18.0. The van der Waals surface area contributed by atoms with Crippen LogP contribution in [0.4, 0.5) is 4.79 Å². The van der Waals surface area contributed by atoms with Crippen molar-refractivity contribution in [2.45, 2.75) is 51.2 Å². The standard InChI is InChI=1S/C21H31N5O4/c1-14(2)22-16-8-10-25(11-9-16)13-18(27)24-26-19(28)21(3,23-20(26)29)15-6-5-7-17(12-15)30-4/h5-7,12,14,16,22H,8-11,13H2,1-4H3,(H,23,29)(H,24,27). The summed E-state index contributed by atoms with van der Waals surface area (Å²) in [6.45, 7) is 7.58. The molecular weight excluding hydrogens is 386 g/mol. The molecule has 0 spiro atoms. The highest BCUT2D eigenvalue weighted by Gasteiger charge is 2.50. The molecule has 3 rings (SSSR count). The summed E-state index contributed by atoms with van der Waals surface area (Å²) in [7, 11) is 1.53. The lowest BCUT2D eigenvalue weighted by molar-refractivity contribution is -0.139. The van der Waals surface area contributed by atoms with E-state index in [0.717, 1.165) is 30.9 Å². The number of likely N-dealkylation sites (tertiary alicyclic amines) is 1. The highest BCUT2D eigenvalue weighted by Crippen LogP contribution is 2.30. The maximum absolute atomic E-state index is 13.0. The molecule has 2 saturated heterocycles. The SMILES string of the molecule is COc1cccc(C2(C)NC(=O)N(NC(=O)CN3CCC(NC(C)C)CC3)C2=O)c1. The van der Waals surface area contributed by atoms with Gasteiger partial charge in [-0.3, -0.25) is 19.9 Å². The van der Waals surface area contributed by atoms with Gasteiger partial charge in [-0.25, -0.2) is 4.79 Å². The van der Waals surface area contributed by atoms with Crippen LogP contribution in [0.25, 0.3) is 0 Å². The molecule has 0 saturated carbocycles. The van der Waals surface area contributed by atoms with Gasteiger partial charge in [0.1, 0.15) is 11.3 Å². The Kier molecular flexibility index (Phi) is 6.62. The van der Waals surface area contributed by atoms with E-state index >= 15 is 0 Å². The number of methoxy groups -OCH3 is 1. The Bertz CT molecular complexity index is 806. The molecule has 2 heterocycles. The summed E-state index contributed by atoms with van der Waals surface area (Å²) < 4.78 is 5.21. The minimum absolute atomic E-state index is 0.140. The number of amides is 4. The molecule has 0 aliphatic carbocycles. The number of nitrogens with one attached hydrogen (secondary N) is 3. The van der Waals surface area contributed by atoms with Crippen LogP contribution in [0.3, 0.4) is 0 Å². The average molecular weight is 418 g/mol. The molecule has 2 aliphatic heterocycles. The third-order valence-corrected chi connectivity index (χ3v) is 5.60. The molecule has 9 nitrogen and oxygen atoms in total. The van der Waals surface area contributed by atoms with Crippen molar-refractivity contribution in [1.82, 2.24) is 26.0 Å². The van der Waals surface area contributed by atoms with Crippen molar-refractivity contribution in [3.8, 4) is 5.75 Å². The number of nitrogens with zero attached hydrogens (tertiary/aromatic N) is 2. The van der Waals surface area contributed by atoms with E-state index < -0.39 is 17.5 Å². The van der Waals surface area contributed by atoms with Gasteiger partial charge >= 0.3 is 6.03 Å². The lowest BCUT2D eigenvalue weighted by Gasteiger charge is -2.33. The Balaban J connectivity index is 1.58. The number of urea groups is 1. The Morgan fingerprint density at radius 3 is 2.63 bits per heavy atom. The number of hydrazine groups is 1. The van der Waals surface area contributed by atoms with E-state index in [1.165, 1.54) is 7.11 Å². The van der Waals surface area contributed by atoms with Gasteiger partial charge in [-0.05, 0) is 37.5 Å². The third-order valence-electron chi connectivity index (χ3n) is 5.60. The Labute approximate surface area is 177 Å². The Hall–Kier alpha value is -2.65. The summed E-state index contributed by atoms with van der Waals surface area (Å²) in [6.07, 6.45) is 1.92. The van der Waals surface area contributed by atoms with Gasteiger partial charge < -0.3 is 15.4 Å². The molecule has 4 amide bonds. The van der Waals surface area contributed by atoms with E-state index in [1.807, 2.05) is 4.90 Å². The molecule has 0 bridgehead atoms. The van der Waals surface area contributed by atoms with Crippen molar-refractivity contribution in [1.29, 1.82) is 0 Å². The van der Waals surface area contributed by atoms with Gasteiger partial charge in [0, 0.05) is 25.2 Å². The van der Waals surface area contributed by atoms with Crippen LogP contribution >= 0.6 is 0 Å². The quantitative estimate of drug-likeness (QED) is 0.571. The largest absolute Gasteiger partial charge is 0.497 e. The molecule has 3 N–H and O–H groups in total. The lowest BCUT2D eigenvalue weighted by atomic mass is 9.92. The van der Waals surface area contributed by atoms with Crippen LogP contribution in [0.2, 0.25) is 0 Å². The minimum atomic E-state index is -1.28. The van der Waals surface area contributed by atoms with Crippen LogP contribution in [0, 0.1) is 0 Å². The molecule has 30 heavy (non-hydrogen) atoms. The van der Waals surface area contributed by atoms with Crippen LogP contribution in [0.5, 0.6) is 5.75 Å². The summed E-state index contributed by atoms with van der Waals surface area (Å²) in [5.74, 6) is -0.341. The molecule has 1 aromatic rings. The zero-order valence-corrected chi connectivity index (χ0v) is 18.0. The van der Waals surface area contributed by atoms with E-state index in [0.29, 0.717) is 23.4 Å². The molecule has 2 fully saturated rings. The van der Waals surface area contributed by atoms with Crippen molar-refractivity contribution >= 4 is 17.8 Å². The van der Waals surface area contributed by atoms with Crippen LogP contribution in [0.1, 0.15) is 39.2 Å². The molecule has 1 aromatic carbocycles. The number of piperidine rings is 1. The summed E-state index contributed by atoms with van der Waals surface area (Å²) in [5, 5.41) is 6.97. The van der Waals surface area contributed by atoms with E-state index in [9.17, 15) is 14.4 Å². The highest BCUT2D eigenvalue weighted by atomic mass is 16.5. The molecule has 0 radical (unpaired) electrons. The first-order valence-electron chi connectivity index (χ1n) is 10.3. The predicted molar refractivity (Wildman–Crippen MR) is 112 cm³/mol. The third kappa shape index (κ3) is 4.73. The second-order valence-corrected chi connectivity index (χ2v) is 8.33. The number of imide groups is 1. The number of carbonyl (C=O) groups excluding carboxylic acids is 3. The number of carbonyl (C=O) groups is 3. The van der Waals surface area contributed by atoms with Crippen LogP contribution < -0.4 is 20.8 Å². The lowest BCUT2D eigenvalue weighted by Crippen LogP contribution is -2.52. The van der Waals surface area contributed by atoms with Crippen molar-refractivity contribution in [2.24, 2.45) is 0 Å². The van der Waals surface area contributed by atoms with Gasteiger partial charge in [0.15, 0.2) is 0 Å². The number of ether oxygens (including phenoxy) is 1. The molecule has 164 valence electrons. The molecule has 0 aromatic heterocycles. The Morgan fingerprint density at radius 2 is 2.00 bits per heavy atom. The summed E-state index contributed by atoms with van der Waals surface area (Å²) >= 11 is 0. The van der Waals surface area contributed by atoms with E-state index in [2.05, 4.69) is 29.9 Å². The van der Waals surface area contributed by atoms with Crippen molar-refractivity contribution in [2.75, 3.05) is 26.7 Å². The number of hydrogen-bond donors (Lipinski definition) is 3. The molecule has 1 atom stereocenters.